The average Bonchev–Trinajstić information content (AvgIpc) is 3.48. The molecule has 266 valence electrons. The maximum Gasteiger partial charge on any atom is 0.315 e. The van der Waals surface area contributed by atoms with E-state index >= 15 is 0 Å². The Balaban J connectivity index is 1.13. The Bertz CT molecular complexity index is 1560. The predicted octanol–water partition coefficient (Wildman–Crippen LogP) is 11.2. The number of aldehydes is 1. The second kappa shape index (κ2) is 12.0. The first-order valence-corrected chi connectivity index (χ1v) is 19.5. The van der Waals surface area contributed by atoms with E-state index in [1.807, 2.05) is 30.3 Å². The average molecular weight is 669 g/mol. The van der Waals surface area contributed by atoms with Crippen molar-refractivity contribution < 1.29 is 18.7 Å². The monoisotopic (exact) mass is 668 g/mol. The number of esters is 1. The molecule has 0 radical (unpaired) electrons. The maximum absolute atomic E-state index is 14.7. The smallest absolute Gasteiger partial charge is 0.315 e. The van der Waals surface area contributed by atoms with Gasteiger partial charge in [-0.3, -0.25) is 4.79 Å². The number of rotatable bonds is 7. The van der Waals surface area contributed by atoms with Crippen molar-refractivity contribution in [3.8, 4) is 0 Å². The van der Waals surface area contributed by atoms with Gasteiger partial charge in [0.2, 0.25) is 0 Å². The zero-order valence-corrected chi connectivity index (χ0v) is 31.2. The molecule has 0 bridgehead atoms. The number of benzene rings is 1. The number of carbonyl (C=O) groups excluding carboxylic acids is 2. The Morgan fingerprint density at radius 2 is 1.65 bits per heavy atom. The molecule has 1 aromatic carbocycles. The number of halogens is 1. The fraction of sp³-hybridized carbons (Fsp3) is 0.689. The van der Waals surface area contributed by atoms with Crippen LogP contribution in [0.1, 0.15) is 124 Å². The molecule has 6 aliphatic carbocycles. The topological polar surface area (TPSA) is 43.4 Å². The van der Waals surface area contributed by atoms with Crippen molar-refractivity contribution in [1.29, 1.82) is 0 Å². The molecule has 0 N–H and O–H groups in total. The maximum atomic E-state index is 14.7. The highest BCUT2D eigenvalue weighted by Gasteiger charge is 2.70. The van der Waals surface area contributed by atoms with Crippen LogP contribution in [-0.2, 0) is 20.9 Å². The van der Waals surface area contributed by atoms with Crippen molar-refractivity contribution in [2.75, 3.05) is 6.67 Å². The highest BCUT2D eigenvalue weighted by molar-refractivity contribution is 5.78. The third-order valence-electron chi connectivity index (χ3n) is 16.8. The van der Waals surface area contributed by atoms with Gasteiger partial charge in [0, 0.05) is 5.41 Å². The zero-order chi connectivity index (χ0) is 35.0. The first kappa shape index (κ1) is 34.9. The number of carbonyl (C=O) groups is 2. The summed E-state index contributed by atoms with van der Waals surface area (Å²) in [6, 6.07) is 9.65. The third kappa shape index (κ3) is 4.98. The van der Waals surface area contributed by atoms with E-state index in [1.165, 1.54) is 55.1 Å². The summed E-state index contributed by atoms with van der Waals surface area (Å²) in [7, 11) is 0. The highest BCUT2D eigenvalue weighted by atomic mass is 19.1. The Labute approximate surface area is 295 Å². The molecule has 0 aliphatic heterocycles. The molecule has 0 amide bonds. The van der Waals surface area contributed by atoms with E-state index < -0.39 is 18.1 Å². The molecule has 4 heteroatoms. The van der Waals surface area contributed by atoms with Gasteiger partial charge in [0.15, 0.2) is 0 Å². The molecule has 6 aliphatic rings. The Kier molecular flexibility index (Phi) is 8.59. The van der Waals surface area contributed by atoms with E-state index in [9.17, 15) is 14.0 Å². The normalized spacial score (nSPS) is 43.9. The number of hydrogen-bond donors (Lipinski definition) is 0. The molecule has 10 atom stereocenters. The fourth-order valence-corrected chi connectivity index (χ4v) is 13.9. The number of hydrogen-bond acceptors (Lipinski definition) is 3. The van der Waals surface area contributed by atoms with Gasteiger partial charge in [0.1, 0.15) is 19.6 Å². The molecule has 1 aromatic rings. The predicted molar refractivity (Wildman–Crippen MR) is 195 cm³/mol. The minimum absolute atomic E-state index is 0.00279. The molecule has 3 unspecified atom stereocenters. The van der Waals surface area contributed by atoms with Crippen molar-refractivity contribution in [3.63, 3.8) is 0 Å². The summed E-state index contributed by atoms with van der Waals surface area (Å²) < 4.78 is 20.3. The molecule has 4 saturated carbocycles. The van der Waals surface area contributed by atoms with Crippen LogP contribution < -0.4 is 0 Å². The van der Waals surface area contributed by atoms with Gasteiger partial charge in [-0.05, 0) is 152 Å². The van der Waals surface area contributed by atoms with Gasteiger partial charge in [-0.15, -0.1) is 0 Å². The lowest BCUT2D eigenvalue weighted by molar-refractivity contribution is -0.224. The summed E-state index contributed by atoms with van der Waals surface area (Å²) in [6.45, 7) is 19.0. The summed E-state index contributed by atoms with van der Waals surface area (Å²) in [6.07, 6.45) is 18.2. The van der Waals surface area contributed by atoms with Crippen molar-refractivity contribution in [3.05, 3.63) is 71.3 Å². The third-order valence-corrected chi connectivity index (χ3v) is 16.8. The quantitative estimate of drug-likeness (QED) is 0.165. The van der Waals surface area contributed by atoms with Crippen LogP contribution in [0.5, 0.6) is 0 Å². The lowest BCUT2D eigenvalue weighted by Gasteiger charge is -2.72. The van der Waals surface area contributed by atoms with Gasteiger partial charge in [0.25, 0.3) is 0 Å². The molecule has 0 aromatic heterocycles. The van der Waals surface area contributed by atoms with Crippen LogP contribution in [0.3, 0.4) is 0 Å². The van der Waals surface area contributed by atoms with Crippen LogP contribution >= 0.6 is 0 Å². The lowest BCUT2D eigenvalue weighted by Crippen LogP contribution is -2.65. The number of allylic oxidation sites excluding steroid dienone is 5. The standard InChI is InChI=1S/C45H61FO3/c1-30(2)33-17-24-45(29-47)26-25-42(6)35(38(33)45)13-14-37-41(5)20-18-34(40(3,4)36(41)19-21-43(37,42)7)32-15-22-44(28-46,23-16-32)39(48)49-27-31-11-9-8-10-12-31/h8-12,15,18,29,33,35-38H,1,13-14,16-17,19-28H2,2-7H3/t33-,35+,36?,37?,38?,41-,42+,43+,44+,45+/m0/s1. The largest absolute Gasteiger partial charge is 0.460 e. The first-order chi connectivity index (χ1) is 23.2. The van der Waals surface area contributed by atoms with E-state index in [0.29, 0.717) is 48.9 Å². The molecule has 49 heavy (non-hydrogen) atoms. The van der Waals surface area contributed by atoms with E-state index in [0.717, 1.165) is 31.2 Å². The van der Waals surface area contributed by atoms with Gasteiger partial charge < -0.3 is 9.53 Å². The molecule has 0 saturated heterocycles. The van der Waals surface area contributed by atoms with Crippen LogP contribution in [-0.4, -0.2) is 18.9 Å². The SMILES string of the molecule is C=C(C)[C@@H]1CC[C@]2(C=O)CC[C@]3(C)[C@H](CCC4[C@@]5(C)CC=C(C6=CC[C@@](CF)(C(=O)OCc7ccccc7)CC6)C(C)(C)C5CC[C@]43C)C12. The van der Waals surface area contributed by atoms with Gasteiger partial charge in [-0.1, -0.05) is 89.3 Å². The Morgan fingerprint density at radius 3 is 2.31 bits per heavy atom. The molecule has 4 fully saturated rings. The highest BCUT2D eigenvalue weighted by Crippen LogP contribution is 2.77. The summed E-state index contributed by atoms with van der Waals surface area (Å²) in [5.41, 5.74) is 4.41. The van der Waals surface area contributed by atoms with Crippen LogP contribution in [0, 0.1) is 62.1 Å². The Hall–Kier alpha value is -2.49. The summed E-state index contributed by atoms with van der Waals surface area (Å²) in [5.74, 6) is 2.31. The Morgan fingerprint density at radius 1 is 0.898 bits per heavy atom. The van der Waals surface area contributed by atoms with E-state index in [2.05, 4.69) is 60.3 Å². The lowest BCUT2D eigenvalue weighted by atomic mass is 9.32. The van der Waals surface area contributed by atoms with Crippen LogP contribution in [0.25, 0.3) is 0 Å². The van der Waals surface area contributed by atoms with E-state index in [-0.39, 0.29) is 33.7 Å². The van der Waals surface area contributed by atoms with Crippen LogP contribution in [0.15, 0.2) is 65.8 Å². The van der Waals surface area contributed by atoms with Crippen LogP contribution in [0.4, 0.5) is 4.39 Å². The number of alkyl halides is 1. The van der Waals surface area contributed by atoms with E-state index in [1.54, 1.807) is 0 Å². The number of fused-ring (bicyclic) bond motifs is 7. The second-order valence-corrected chi connectivity index (χ2v) is 19.0. The number of ether oxygens (including phenoxy) is 1. The summed E-state index contributed by atoms with van der Waals surface area (Å²) in [5, 5.41) is 0. The van der Waals surface area contributed by atoms with Gasteiger partial charge in [-0.2, -0.15) is 0 Å². The van der Waals surface area contributed by atoms with Crippen molar-refractivity contribution in [1.82, 2.24) is 0 Å². The fourth-order valence-electron chi connectivity index (χ4n) is 13.9. The van der Waals surface area contributed by atoms with Crippen molar-refractivity contribution in [2.45, 2.75) is 125 Å². The molecule has 0 heterocycles. The molecular formula is C45H61FO3. The molecule has 3 nitrogen and oxygen atoms in total. The van der Waals surface area contributed by atoms with Gasteiger partial charge in [-0.25, -0.2) is 4.39 Å². The van der Waals surface area contributed by atoms with Crippen molar-refractivity contribution >= 4 is 12.3 Å². The van der Waals surface area contributed by atoms with Gasteiger partial charge >= 0.3 is 5.97 Å². The summed E-state index contributed by atoms with van der Waals surface area (Å²) >= 11 is 0. The summed E-state index contributed by atoms with van der Waals surface area (Å²) in [4.78, 5) is 26.1. The van der Waals surface area contributed by atoms with E-state index in [4.69, 9.17) is 4.74 Å². The van der Waals surface area contributed by atoms with Crippen LogP contribution in [0.2, 0.25) is 0 Å². The minimum Gasteiger partial charge on any atom is -0.460 e. The second-order valence-electron chi connectivity index (χ2n) is 19.0. The minimum atomic E-state index is -1.09. The first-order valence-electron chi connectivity index (χ1n) is 19.5. The molecule has 0 spiro atoms. The van der Waals surface area contributed by atoms with Gasteiger partial charge in [0.05, 0.1) is 5.41 Å². The zero-order valence-electron chi connectivity index (χ0n) is 31.2. The van der Waals surface area contributed by atoms with Crippen molar-refractivity contribution in [2.24, 2.45) is 62.1 Å². The molecule has 7 rings (SSSR count). The molecular weight excluding hydrogens is 607 g/mol.